The van der Waals surface area contributed by atoms with Crippen molar-refractivity contribution in [2.45, 2.75) is 50.3 Å². The Balaban J connectivity index is 2.62. The molecule has 0 aromatic carbocycles. The molecular formula is C14H30N2O2S. The first-order chi connectivity index (χ1) is 8.84. The van der Waals surface area contributed by atoms with Crippen LogP contribution >= 0.6 is 0 Å². The molecule has 1 fully saturated rings. The monoisotopic (exact) mass is 290 g/mol. The molecule has 19 heavy (non-hydrogen) atoms. The van der Waals surface area contributed by atoms with E-state index in [1.807, 2.05) is 0 Å². The van der Waals surface area contributed by atoms with Gasteiger partial charge in [0.15, 0.2) is 0 Å². The topological polar surface area (TPSA) is 49.4 Å². The Morgan fingerprint density at radius 3 is 2.53 bits per heavy atom. The van der Waals surface area contributed by atoms with Crippen molar-refractivity contribution in [2.75, 3.05) is 33.4 Å². The van der Waals surface area contributed by atoms with Crippen LogP contribution in [-0.2, 0) is 9.84 Å². The van der Waals surface area contributed by atoms with Gasteiger partial charge in [0.05, 0.1) is 5.25 Å². The summed E-state index contributed by atoms with van der Waals surface area (Å²) >= 11 is 0. The summed E-state index contributed by atoms with van der Waals surface area (Å²) in [6, 6.07) is 0.456. The zero-order valence-electron chi connectivity index (χ0n) is 12.9. The molecule has 0 heterocycles. The van der Waals surface area contributed by atoms with Crippen molar-refractivity contribution in [3.8, 4) is 0 Å². The van der Waals surface area contributed by atoms with Gasteiger partial charge in [-0.3, -0.25) is 0 Å². The molecule has 1 aliphatic carbocycles. The molecule has 1 rings (SSSR count). The van der Waals surface area contributed by atoms with E-state index < -0.39 is 9.84 Å². The average molecular weight is 290 g/mol. The zero-order chi connectivity index (χ0) is 14.5. The second-order valence-electron chi connectivity index (χ2n) is 6.13. The highest BCUT2D eigenvalue weighted by Gasteiger charge is 2.32. The Bertz CT molecular complexity index is 354. The highest BCUT2D eigenvalue weighted by Crippen LogP contribution is 2.31. The van der Waals surface area contributed by atoms with Crippen molar-refractivity contribution in [1.82, 2.24) is 10.2 Å². The van der Waals surface area contributed by atoms with Gasteiger partial charge >= 0.3 is 0 Å². The maximum absolute atomic E-state index is 11.7. The van der Waals surface area contributed by atoms with Gasteiger partial charge in [-0.1, -0.05) is 13.3 Å². The molecule has 3 atom stereocenters. The van der Waals surface area contributed by atoms with E-state index in [1.165, 1.54) is 6.26 Å². The molecule has 4 nitrogen and oxygen atoms in total. The van der Waals surface area contributed by atoms with Crippen LogP contribution in [0.2, 0.25) is 0 Å². The van der Waals surface area contributed by atoms with Crippen LogP contribution in [0.15, 0.2) is 0 Å². The Hall–Kier alpha value is -0.130. The lowest BCUT2D eigenvalue weighted by molar-refractivity contribution is 0.243. The predicted octanol–water partition coefficient (Wildman–Crippen LogP) is 1.52. The Kier molecular flexibility index (Phi) is 6.77. The first kappa shape index (κ1) is 16.9. The Morgan fingerprint density at radius 1 is 1.32 bits per heavy atom. The molecule has 1 N–H and O–H groups in total. The largest absolute Gasteiger partial charge is 0.314 e. The lowest BCUT2D eigenvalue weighted by Gasteiger charge is -2.35. The molecule has 0 aliphatic heterocycles. The highest BCUT2D eigenvalue weighted by molar-refractivity contribution is 7.91. The molecule has 0 radical (unpaired) electrons. The third-order valence-corrected chi connectivity index (χ3v) is 5.83. The van der Waals surface area contributed by atoms with Crippen LogP contribution < -0.4 is 5.32 Å². The maximum atomic E-state index is 11.7. The van der Waals surface area contributed by atoms with Crippen molar-refractivity contribution < 1.29 is 8.42 Å². The lowest BCUT2D eigenvalue weighted by atomic mass is 9.82. The molecule has 0 aromatic rings. The first-order valence-electron chi connectivity index (χ1n) is 7.41. The van der Waals surface area contributed by atoms with Crippen LogP contribution in [0.4, 0.5) is 0 Å². The number of hydrogen-bond acceptors (Lipinski definition) is 4. The smallest absolute Gasteiger partial charge is 0.150 e. The second kappa shape index (κ2) is 7.60. The van der Waals surface area contributed by atoms with E-state index in [2.05, 4.69) is 31.2 Å². The number of rotatable bonds is 7. The summed E-state index contributed by atoms with van der Waals surface area (Å²) in [5.74, 6) is 0.508. The van der Waals surface area contributed by atoms with Crippen molar-refractivity contribution in [2.24, 2.45) is 5.92 Å². The first-order valence-corrected chi connectivity index (χ1v) is 9.37. The number of nitrogens with one attached hydrogen (secondary N) is 1. The van der Waals surface area contributed by atoms with Gasteiger partial charge in [0.2, 0.25) is 0 Å². The number of nitrogens with zero attached hydrogens (tertiary/aromatic N) is 1. The maximum Gasteiger partial charge on any atom is 0.150 e. The molecule has 0 amide bonds. The number of hydrogen-bond donors (Lipinski definition) is 1. The van der Waals surface area contributed by atoms with Gasteiger partial charge in [0, 0.05) is 12.3 Å². The van der Waals surface area contributed by atoms with Crippen LogP contribution in [0.5, 0.6) is 0 Å². The van der Waals surface area contributed by atoms with Crippen LogP contribution in [0.1, 0.15) is 39.0 Å². The highest BCUT2D eigenvalue weighted by atomic mass is 32.2. The second-order valence-corrected chi connectivity index (χ2v) is 8.46. The molecule has 3 unspecified atom stereocenters. The molecule has 0 bridgehead atoms. The fourth-order valence-electron chi connectivity index (χ4n) is 3.10. The zero-order valence-corrected chi connectivity index (χ0v) is 13.7. The van der Waals surface area contributed by atoms with Gasteiger partial charge in [0.1, 0.15) is 9.84 Å². The Morgan fingerprint density at radius 2 is 2.00 bits per heavy atom. The van der Waals surface area contributed by atoms with E-state index in [-0.39, 0.29) is 5.25 Å². The quantitative estimate of drug-likeness (QED) is 0.772. The van der Waals surface area contributed by atoms with E-state index in [0.29, 0.717) is 12.0 Å². The molecule has 1 aliphatic rings. The van der Waals surface area contributed by atoms with Crippen molar-refractivity contribution >= 4 is 9.84 Å². The summed E-state index contributed by atoms with van der Waals surface area (Å²) in [6.45, 7) is 4.13. The summed E-state index contributed by atoms with van der Waals surface area (Å²) in [6.07, 6.45) is 6.39. The minimum atomic E-state index is -2.88. The van der Waals surface area contributed by atoms with Crippen LogP contribution in [0.25, 0.3) is 0 Å². The van der Waals surface area contributed by atoms with Crippen LogP contribution in [-0.4, -0.2) is 58.1 Å². The lowest BCUT2D eigenvalue weighted by Crippen LogP contribution is -2.42. The summed E-state index contributed by atoms with van der Waals surface area (Å²) in [4.78, 5) is 2.20. The van der Waals surface area contributed by atoms with Crippen LogP contribution in [0, 0.1) is 5.92 Å². The molecule has 114 valence electrons. The summed E-state index contributed by atoms with van der Waals surface area (Å²) in [5, 5.41) is 3.44. The Labute approximate surface area is 118 Å². The minimum Gasteiger partial charge on any atom is -0.314 e. The third-order valence-electron chi connectivity index (χ3n) is 4.19. The molecular weight excluding hydrogens is 260 g/mol. The summed E-state index contributed by atoms with van der Waals surface area (Å²) in [5.41, 5.74) is 0. The van der Waals surface area contributed by atoms with E-state index in [4.69, 9.17) is 0 Å². The SMILES string of the molecule is CCNC(CCN(C)C)C1CCCC(S(C)(=O)=O)C1. The van der Waals surface area contributed by atoms with Gasteiger partial charge in [-0.15, -0.1) is 0 Å². The average Bonchev–Trinajstić information content (AvgIpc) is 2.33. The molecule has 5 heteroatoms. The van der Waals surface area contributed by atoms with E-state index in [9.17, 15) is 8.42 Å². The van der Waals surface area contributed by atoms with Gasteiger partial charge in [-0.2, -0.15) is 0 Å². The minimum absolute atomic E-state index is 0.119. The summed E-state index contributed by atoms with van der Waals surface area (Å²) < 4.78 is 23.5. The van der Waals surface area contributed by atoms with Crippen molar-refractivity contribution in [3.05, 3.63) is 0 Å². The van der Waals surface area contributed by atoms with Gasteiger partial charge < -0.3 is 10.2 Å². The van der Waals surface area contributed by atoms with E-state index in [1.54, 1.807) is 0 Å². The molecule has 0 spiro atoms. The van der Waals surface area contributed by atoms with Crippen molar-refractivity contribution in [3.63, 3.8) is 0 Å². The fourth-order valence-corrected chi connectivity index (χ4v) is 4.29. The predicted molar refractivity (Wildman–Crippen MR) is 81.2 cm³/mol. The fraction of sp³-hybridized carbons (Fsp3) is 1.00. The van der Waals surface area contributed by atoms with Gasteiger partial charge in [0.25, 0.3) is 0 Å². The van der Waals surface area contributed by atoms with Crippen molar-refractivity contribution in [1.29, 1.82) is 0 Å². The van der Waals surface area contributed by atoms with Gasteiger partial charge in [-0.25, -0.2) is 8.42 Å². The van der Waals surface area contributed by atoms with Crippen LogP contribution in [0.3, 0.4) is 0 Å². The molecule has 1 saturated carbocycles. The van der Waals surface area contributed by atoms with E-state index >= 15 is 0 Å². The van der Waals surface area contributed by atoms with Gasteiger partial charge in [-0.05, 0) is 58.8 Å². The third kappa shape index (κ3) is 5.79. The standard InChI is InChI=1S/C14H30N2O2S/c1-5-15-14(9-10-16(2)3)12-7-6-8-13(11-12)19(4,17)18/h12-15H,5-11H2,1-4H3. The molecule has 0 saturated heterocycles. The molecule has 0 aromatic heterocycles. The summed E-state index contributed by atoms with van der Waals surface area (Å²) in [7, 11) is 1.30. The normalized spacial score (nSPS) is 26.6. The number of sulfone groups is 1. The van der Waals surface area contributed by atoms with E-state index in [0.717, 1.165) is 45.2 Å².